The Balaban J connectivity index is 2.24. The Labute approximate surface area is 103 Å². The second-order valence-electron chi connectivity index (χ2n) is 4.40. The van der Waals surface area contributed by atoms with Gasteiger partial charge in [0.15, 0.2) is 0 Å². The lowest BCUT2D eigenvalue weighted by Crippen LogP contribution is -2.35. The zero-order valence-electron chi connectivity index (χ0n) is 10.9. The fourth-order valence-corrected chi connectivity index (χ4v) is 1.63. The van der Waals surface area contributed by atoms with Crippen LogP contribution in [-0.2, 0) is 18.4 Å². The molecule has 0 atom stereocenters. The number of hydrogen-bond donors (Lipinski definition) is 1. The van der Waals surface area contributed by atoms with Crippen LogP contribution >= 0.6 is 0 Å². The maximum absolute atomic E-state index is 11.6. The molecular formula is C12H22N4O. The van der Waals surface area contributed by atoms with Crippen molar-refractivity contribution < 1.29 is 4.79 Å². The van der Waals surface area contributed by atoms with E-state index in [2.05, 4.69) is 17.3 Å². The van der Waals surface area contributed by atoms with Crippen molar-refractivity contribution in [2.24, 2.45) is 7.05 Å². The normalized spacial score (nSPS) is 10.8. The van der Waals surface area contributed by atoms with E-state index in [0.29, 0.717) is 6.54 Å². The Hall–Kier alpha value is -1.36. The minimum absolute atomic E-state index is 0.0878. The molecule has 0 aliphatic rings. The third kappa shape index (κ3) is 5.49. The van der Waals surface area contributed by atoms with Crippen molar-refractivity contribution in [3.05, 3.63) is 18.0 Å². The average Bonchev–Trinajstić information content (AvgIpc) is 2.64. The van der Waals surface area contributed by atoms with Crippen molar-refractivity contribution in [2.45, 2.75) is 26.3 Å². The standard InChI is InChI=1S/C12H22N4O/c1-4-5-6-13-12(17)10-15(2)8-11-7-14-16(3)9-11/h7,9H,4-6,8,10H2,1-3H3,(H,13,17). The predicted octanol–water partition coefficient (Wildman–Crippen LogP) is 0.768. The molecule has 1 amide bonds. The van der Waals surface area contributed by atoms with Gasteiger partial charge in [-0.25, -0.2) is 0 Å². The summed E-state index contributed by atoms with van der Waals surface area (Å²) in [6.07, 6.45) is 5.93. The number of nitrogens with one attached hydrogen (secondary N) is 1. The molecule has 0 unspecified atom stereocenters. The largest absolute Gasteiger partial charge is 0.355 e. The van der Waals surface area contributed by atoms with Crippen LogP contribution in [0.1, 0.15) is 25.3 Å². The first kappa shape index (κ1) is 13.7. The van der Waals surface area contributed by atoms with Gasteiger partial charge in [0, 0.05) is 31.9 Å². The van der Waals surface area contributed by atoms with Gasteiger partial charge in [0.2, 0.25) is 5.91 Å². The molecule has 1 heterocycles. The molecular weight excluding hydrogens is 216 g/mol. The van der Waals surface area contributed by atoms with Gasteiger partial charge in [-0.2, -0.15) is 5.10 Å². The zero-order chi connectivity index (χ0) is 12.7. The number of hydrogen-bond acceptors (Lipinski definition) is 3. The molecule has 0 spiro atoms. The summed E-state index contributed by atoms with van der Waals surface area (Å²) in [4.78, 5) is 13.5. The Kier molecular flexibility index (Phi) is 5.69. The molecule has 0 saturated heterocycles. The highest BCUT2D eigenvalue weighted by atomic mass is 16.2. The van der Waals surface area contributed by atoms with Gasteiger partial charge in [0.1, 0.15) is 0 Å². The molecule has 17 heavy (non-hydrogen) atoms. The first-order valence-corrected chi connectivity index (χ1v) is 6.04. The number of carbonyl (C=O) groups excluding carboxylic acids is 1. The Morgan fingerprint density at radius 1 is 1.59 bits per heavy atom. The highest BCUT2D eigenvalue weighted by Crippen LogP contribution is 2.00. The number of unbranched alkanes of at least 4 members (excludes halogenated alkanes) is 1. The van der Waals surface area contributed by atoms with Crippen molar-refractivity contribution in [2.75, 3.05) is 20.1 Å². The molecule has 0 aromatic carbocycles. The monoisotopic (exact) mass is 238 g/mol. The van der Waals surface area contributed by atoms with Crippen molar-refractivity contribution in [1.29, 1.82) is 0 Å². The summed E-state index contributed by atoms with van der Waals surface area (Å²) in [6.45, 7) is 4.06. The number of aromatic nitrogens is 2. The molecule has 0 bridgehead atoms. The number of rotatable bonds is 7. The topological polar surface area (TPSA) is 50.2 Å². The second kappa shape index (κ2) is 7.06. The molecule has 0 saturated carbocycles. The quantitative estimate of drug-likeness (QED) is 0.714. The SMILES string of the molecule is CCCCNC(=O)CN(C)Cc1cnn(C)c1. The first-order chi connectivity index (χ1) is 8.11. The third-order valence-corrected chi connectivity index (χ3v) is 2.48. The van der Waals surface area contributed by atoms with Gasteiger partial charge in [0.25, 0.3) is 0 Å². The summed E-state index contributed by atoms with van der Waals surface area (Å²) < 4.78 is 1.77. The lowest BCUT2D eigenvalue weighted by Gasteiger charge is -2.15. The zero-order valence-corrected chi connectivity index (χ0v) is 10.9. The number of carbonyl (C=O) groups is 1. The van der Waals surface area contributed by atoms with Crippen LogP contribution in [0.15, 0.2) is 12.4 Å². The number of likely N-dealkylation sites (N-methyl/N-ethyl adjacent to an activating group) is 1. The predicted molar refractivity (Wildman–Crippen MR) is 67.5 cm³/mol. The van der Waals surface area contributed by atoms with Crippen molar-refractivity contribution in [1.82, 2.24) is 20.0 Å². The van der Waals surface area contributed by atoms with Gasteiger partial charge in [0.05, 0.1) is 12.7 Å². The summed E-state index contributed by atoms with van der Waals surface area (Å²) in [6, 6.07) is 0. The van der Waals surface area contributed by atoms with Crippen LogP contribution < -0.4 is 5.32 Å². The molecule has 1 aromatic heterocycles. The summed E-state index contributed by atoms with van der Waals surface area (Å²) in [5, 5.41) is 7.00. The lowest BCUT2D eigenvalue weighted by molar-refractivity contribution is -0.122. The molecule has 0 aliphatic heterocycles. The van der Waals surface area contributed by atoms with Crippen molar-refractivity contribution in [3.63, 3.8) is 0 Å². The minimum Gasteiger partial charge on any atom is -0.355 e. The van der Waals surface area contributed by atoms with Gasteiger partial charge in [-0.1, -0.05) is 13.3 Å². The van der Waals surface area contributed by atoms with Crippen molar-refractivity contribution in [3.8, 4) is 0 Å². The Bertz CT molecular complexity index is 348. The second-order valence-corrected chi connectivity index (χ2v) is 4.40. The summed E-state index contributed by atoms with van der Waals surface area (Å²) in [5.74, 6) is 0.0878. The molecule has 0 aliphatic carbocycles. The number of aryl methyl sites for hydroxylation is 1. The smallest absolute Gasteiger partial charge is 0.234 e. The van der Waals surface area contributed by atoms with Gasteiger partial charge >= 0.3 is 0 Å². The number of nitrogens with zero attached hydrogens (tertiary/aromatic N) is 3. The fourth-order valence-electron chi connectivity index (χ4n) is 1.63. The van der Waals surface area contributed by atoms with Gasteiger partial charge in [-0.3, -0.25) is 14.4 Å². The summed E-state index contributed by atoms with van der Waals surface area (Å²) >= 11 is 0. The van der Waals surface area contributed by atoms with Crippen LogP contribution in [0, 0.1) is 0 Å². The van der Waals surface area contributed by atoms with E-state index in [9.17, 15) is 4.79 Å². The molecule has 0 fully saturated rings. The Morgan fingerprint density at radius 3 is 2.94 bits per heavy atom. The fraction of sp³-hybridized carbons (Fsp3) is 0.667. The van der Waals surface area contributed by atoms with E-state index in [1.54, 1.807) is 4.68 Å². The third-order valence-electron chi connectivity index (χ3n) is 2.48. The maximum atomic E-state index is 11.6. The van der Waals surface area contributed by atoms with Gasteiger partial charge in [-0.15, -0.1) is 0 Å². The molecule has 5 nitrogen and oxygen atoms in total. The van der Waals surface area contributed by atoms with Crippen molar-refractivity contribution >= 4 is 5.91 Å². The molecule has 1 N–H and O–H groups in total. The van der Waals surface area contributed by atoms with E-state index < -0.39 is 0 Å². The maximum Gasteiger partial charge on any atom is 0.234 e. The van der Waals surface area contributed by atoms with E-state index in [4.69, 9.17) is 0 Å². The molecule has 1 aromatic rings. The van der Waals surface area contributed by atoms with Crippen LogP contribution in [-0.4, -0.2) is 40.7 Å². The van der Waals surface area contributed by atoms with Crippen LogP contribution in [0.4, 0.5) is 0 Å². The van der Waals surface area contributed by atoms with Gasteiger partial charge < -0.3 is 5.32 Å². The molecule has 1 rings (SSSR count). The van der Waals surface area contributed by atoms with E-state index >= 15 is 0 Å². The van der Waals surface area contributed by atoms with Gasteiger partial charge in [-0.05, 0) is 13.5 Å². The van der Waals surface area contributed by atoms with E-state index in [-0.39, 0.29) is 5.91 Å². The molecule has 0 radical (unpaired) electrons. The lowest BCUT2D eigenvalue weighted by atomic mass is 10.3. The number of amides is 1. The summed E-state index contributed by atoms with van der Waals surface area (Å²) in [5.41, 5.74) is 1.12. The van der Waals surface area contributed by atoms with E-state index in [1.807, 2.05) is 31.4 Å². The first-order valence-electron chi connectivity index (χ1n) is 6.04. The summed E-state index contributed by atoms with van der Waals surface area (Å²) in [7, 11) is 3.83. The van der Waals surface area contributed by atoms with E-state index in [1.165, 1.54) is 0 Å². The molecule has 5 heteroatoms. The van der Waals surface area contributed by atoms with Crippen LogP contribution in [0.3, 0.4) is 0 Å². The Morgan fingerprint density at radius 2 is 2.35 bits per heavy atom. The average molecular weight is 238 g/mol. The van der Waals surface area contributed by atoms with Crippen LogP contribution in [0.25, 0.3) is 0 Å². The highest BCUT2D eigenvalue weighted by molar-refractivity contribution is 5.77. The molecule has 96 valence electrons. The van der Waals surface area contributed by atoms with E-state index in [0.717, 1.165) is 31.5 Å². The van der Waals surface area contributed by atoms with Crippen LogP contribution in [0.5, 0.6) is 0 Å². The minimum atomic E-state index is 0.0878. The van der Waals surface area contributed by atoms with Crippen LogP contribution in [0.2, 0.25) is 0 Å². The highest BCUT2D eigenvalue weighted by Gasteiger charge is 2.07.